The molecule has 0 aliphatic heterocycles. The van der Waals surface area contributed by atoms with E-state index in [0.29, 0.717) is 22.1 Å². The second-order valence-corrected chi connectivity index (χ2v) is 12.7. The van der Waals surface area contributed by atoms with Crippen LogP contribution >= 0.6 is 0 Å². The number of amides is 2. The maximum absolute atomic E-state index is 12.6. The van der Waals surface area contributed by atoms with Crippen LogP contribution in [0.5, 0.6) is 0 Å². The molecular weight excluding hydrogens is 678 g/mol. The number of nitrogens with zero attached hydrogens (tertiary/aromatic N) is 2. The predicted octanol–water partition coefficient (Wildman–Crippen LogP) is 3.73. The molecule has 2 amide bonds. The normalized spacial score (nSPS) is 11.7. The Morgan fingerprint density at radius 1 is 0.632 bits per heavy atom. The molecule has 9 nitrogen and oxygen atoms in total. The number of hydrogen-bond acceptors (Lipinski definition) is 5. The number of benzene rings is 4. The van der Waals surface area contributed by atoms with Gasteiger partial charge in [-0.05, 0) is 9.79 Å². The number of carbonyl (C=O) groups excluding carboxylic acids is 1. The number of fused-ring (bicyclic) bond motifs is 2. The first-order valence-corrected chi connectivity index (χ1v) is 13.6. The topological polar surface area (TPSA) is 116 Å². The molecule has 0 bridgehead atoms. The quantitative estimate of drug-likeness (QED) is 0.298. The zero-order chi connectivity index (χ0) is 26.3. The SMILES string of the molecule is CN(C)S(=O)(=O)c1[c-]cc2ccc(NC(=O)Nc3ccc4c[c-]c(S(=O)(=O)N(C)C)cc4c3)cc2c1.[Y].[Y]. The van der Waals surface area contributed by atoms with E-state index < -0.39 is 26.1 Å². The molecule has 13 heteroatoms. The minimum absolute atomic E-state index is 0. The maximum atomic E-state index is 12.6. The van der Waals surface area contributed by atoms with Crippen LogP contribution in [0.3, 0.4) is 0 Å². The molecule has 4 aromatic carbocycles. The van der Waals surface area contributed by atoms with Gasteiger partial charge in [0.2, 0.25) is 20.0 Å². The van der Waals surface area contributed by atoms with Crippen LogP contribution in [0.4, 0.5) is 16.2 Å². The second kappa shape index (κ2) is 12.9. The molecule has 0 spiro atoms. The third-order valence-corrected chi connectivity index (χ3v) is 9.03. The molecule has 0 atom stereocenters. The van der Waals surface area contributed by atoms with Crippen molar-refractivity contribution in [3.63, 3.8) is 0 Å². The van der Waals surface area contributed by atoms with E-state index in [-0.39, 0.29) is 75.2 Å². The number of nitrogens with one attached hydrogen (secondary N) is 2. The summed E-state index contributed by atoms with van der Waals surface area (Å²) in [5.41, 5.74) is 0.934. The molecule has 0 saturated heterocycles. The minimum Gasteiger partial charge on any atom is -0.308 e. The molecule has 0 aliphatic rings. The van der Waals surface area contributed by atoms with Gasteiger partial charge in [0.05, 0.1) is 0 Å². The van der Waals surface area contributed by atoms with Crippen LogP contribution in [0.2, 0.25) is 0 Å². The first-order valence-electron chi connectivity index (χ1n) is 10.7. The van der Waals surface area contributed by atoms with E-state index in [1.165, 1.54) is 40.3 Å². The Balaban J connectivity index is 0.00000253. The van der Waals surface area contributed by atoms with Crippen LogP contribution in [0.25, 0.3) is 21.5 Å². The summed E-state index contributed by atoms with van der Waals surface area (Å²) < 4.78 is 51.9. The van der Waals surface area contributed by atoms with Gasteiger partial charge in [0, 0.05) is 105 Å². The summed E-state index contributed by atoms with van der Waals surface area (Å²) in [6, 6.07) is 21.5. The van der Waals surface area contributed by atoms with Gasteiger partial charge in [-0.25, -0.2) is 30.2 Å². The first-order chi connectivity index (χ1) is 16.9. The molecule has 0 saturated carbocycles. The molecule has 0 aliphatic carbocycles. The Hall–Kier alpha value is -1.30. The average molecular weight is 702 g/mol. The molecule has 2 radical (unpaired) electrons. The Kier molecular flexibility index (Phi) is 11.2. The van der Waals surface area contributed by atoms with E-state index in [1.54, 1.807) is 48.5 Å². The molecule has 4 rings (SSSR count). The summed E-state index contributed by atoms with van der Waals surface area (Å²) in [7, 11) is -1.50. The summed E-state index contributed by atoms with van der Waals surface area (Å²) in [6.45, 7) is 0. The first kappa shape index (κ1) is 32.9. The number of rotatable bonds is 6. The summed E-state index contributed by atoms with van der Waals surface area (Å²) >= 11 is 0. The zero-order valence-corrected chi connectivity index (χ0v) is 28.5. The van der Waals surface area contributed by atoms with Crippen molar-refractivity contribution in [1.29, 1.82) is 0 Å². The van der Waals surface area contributed by atoms with Gasteiger partial charge >= 0.3 is 6.03 Å². The van der Waals surface area contributed by atoms with Crippen LogP contribution in [0.1, 0.15) is 0 Å². The van der Waals surface area contributed by atoms with Crippen LogP contribution in [0, 0.1) is 12.1 Å². The van der Waals surface area contributed by atoms with Crippen molar-refractivity contribution in [3.05, 3.63) is 72.8 Å². The fourth-order valence-electron chi connectivity index (χ4n) is 3.47. The number of anilines is 2. The van der Waals surface area contributed by atoms with Crippen LogP contribution in [-0.2, 0) is 85.5 Å². The number of hydrogen-bond donors (Lipinski definition) is 2. The Labute approximate surface area is 273 Å². The van der Waals surface area contributed by atoms with Gasteiger partial charge in [-0.15, -0.1) is 45.8 Å². The molecule has 0 fully saturated rings. The van der Waals surface area contributed by atoms with E-state index in [0.717, 1.165) is 19.4 Å². The van der Waals surface area contributed by atoms with Gasteiger partial charge in [0.1, 0.15) is 0 Å². The van der Waals surface area contributed by atoms with Gasteiger partial charge in [0.25, 0.3) is 0 Å². The van der Waals surface area contributed by atoms with Crippen LogP contribution < -0.4 is 10.6 Å². The largest absolute Gasteiger partial charge is 0.323 e. The average Bonchev–Trinajstić information content (AvgIpc) is 2.82. The standard InChI is InChI=1S/C25H24N4O5S2.2Y/c1-28(2)35(31,32)23-11-7-17-5-9-21(13-19(17)15-23)26-25(30)27-22-10-6-18-8-12-24(16-20(18)14-22)36(33,34)29(3)4;;/h5-10,13-16H,1-4H3,(H2,26,27,30);;/q-2;;. The number of urea groups is 1. The van der Waals surface area contributed by atoms with Crippen molar-refractivity contribution in [2.75, 3.05) is 38.8 Å². The molecule has 0 unspecified atom stereocenters. The van der Waals surface area contributed by atoms with Crippen molar-refractivity contribution >= 4 is 59.0 Å². The van der Waals surface area contributed by atoms with E-state index in [1.807, 2.05) is 0 Å². The fraction of sp³-hybridized carbons (Fsp3) is 0.160. The maximum Gasteiger partial charge on any atom is 0.323 e. The van der Waals surface area contributed by atoms with Crippen LogP contribution in [-0.4, -0.2) is 59.7 Å². The third kappa shape index (κ3) is 7.06. The molecular formula is C25H24N4O5S2Y2-2. The predicted molar refractivity (Wildman–Crippen MR) is 140 cm³/mol. The molecule has 194 valence electrons. The van der Waals surface area contributed by atoms with Crippen molar-refractivity contribution in [3.8, 4) is 0 Å². The monoisotopic (exact) mass is 702 g/mol. The molecule has 0 aromatic heterocycles. The second-order valence-electron chi connectivity index (χ2n) is 8.44. The van der Waals surface area contributed by atoms with Gasteiger partial charge in [0.15, 0.2) is 0 Å². The van der Waals surface area contributed by atoms with E-state index in [2.05, 4.69) is 22.8 Å². The molecule has 38 heavy (non-hydrogen) atoms. The molecule has 0 heterocycles. The number of carbonyl (C=O) groups is 1. The van der Waals surface area contributed by atoms with Crippen molar-refractivity contribution in [1.82, 2.24) is 8.61 Å². The summed E-state index contributed by atoms with van der Waals surface area (Å²) in [5.74, 6) is 0. The van der Waals surface area contributed by atoms with E-state index in [4.69, 9.17) is 0 Å². The Morgan fingerprint density at radius 3 is 1.34 bits per heavy atom. The smallest absolute Gasteiger partial charge is 0.308 e. The van der Waals surface area contributed by atoms with Gasteiger partial charge in [-0.3, -0.25) is 0 Å². The van der Waals surface area contributed by atoms with Crippen molar-refractivity contribution in [2.45, 2.75) is 9.79 Å². The van der Waals surface area contributed by atoms with Crippen molar-refractivity contribution in [2.24, 2.45) is 0 Å². The zero-order valence-electron chi connectivity index (χ0n) is 21.2. The summed E-state index contributed by atoms with van der Waals surface area (Å²) in [4.78, 5) is 12.7. The van der Waals surface area contributed by atoms with Gasteiger partial charge in [-0.1, -0.05) is 24.3 Å². The summed E-state index contributed by atoms with van der Waals surface area (Å²) in [6.07, 6.45) is 0. The fourth-order valence-corrected chi connectivity index (χ4v) is 5.22. The third-order valence-electron chi connectivity index (χ3n) is 5.52. The molecule has 4 aromatic rings. The minimum atomic E-state index is -3.64. The molecule has 2 N–H and O–H groups in total. The Morgan fingerprint density at radius 2 is 1.00 bits per heavy atom. The van der Waals surface area contributed by atoms with E-state index >= 15 is 0 Å². The van der Waals surface area contributed by atoms with Gasteiger partial charge in [-0.2, -0.15) is 24.3 Å². The van der Waals surface area contributed by atoms with Gasteiger partial charge < -0.3 is 10.6 Å². The van der Waals surface area contributed by atoms with Crippen molar-refractivity contribution < 1.29 is 87.0 Å². The Bertz CT molecular complexity index is 1580. The summed E-state index contributed by atoms with van der Waals surface area (Å²) in [5, 5.41) is 8.27. The van der Waals surface area contributed by atoms with Crippen LogP contribution in [0.15, 0.2) is 70.5 Å². The van der Waals surface area contributed by atoms with E-state index in [9.17, 15) is 21.6 Å². The number of sulfonamides is 2.